The van der Waals surface area contributed by atoms with Gasteiger partial charge in [-0.2, -0.15) is 0 Å². The molecule has 0 heterocycles. The Balaban J connectivity index is 2.19. The molecule has 1 unspecified atom stereocenters. The van der Waals surface area contributed by atoms with Crippen LogP contribution in [0, 0.1) is 0 Å². The number of amides is 1. The number of phenolic OH excluding ortho intramolecular Hbond substituents is 2. The van der Waals surface area contributed by atoms with E-state index in [0.717, 1.165) is 5.56 Å². The van der Waals surface area contributed by atoms with Crippen LogP contribution in [-0.4, -0.2) is 21.2 Å². The first kappa shape index (κ1) is 13.9. The van der Waals surface area contributed by atoms with Gasteiger partial charge in [-0.15, -0.1) is 0 Å². The summed E-state index contributed by atoms with van der Waals surface area (Å²) in [5, 5.41) is 31.2. The second-order valence-corrected chi connectivity index (χ2v) is 4.42. The van der Waals surface area contributed by atoms with Gasteiger partial charge in [-0.05, 0) is 36.8 Å². The summed E-state index contributed by atoms with van der Waals surface area (Å²) in [7, 11) is 0. The van der Waals surface area contributed by atoms with Crippen LogP contribution in [0.15, 0.2) is 42.5 Å². The average molecular weight is 273 g/mol. The number of rotatable bonds is 3. The third kappa shape index (κ3) is 2.89. The Bertz CT molecular complexity index is 600. The summed E-state index contributed by atoms with van der Waals surface area (Å²) in [6, 6.07) is 10.7. The first-order valence-corrected chi connectivity index (χ1v) is 6.09. The van der Waals surface area contributed by atoms with E-state index in [-0.39, 0.29) is 17.1 Å². The van der Waals surface area contributed by atoms with E-state index in [1.54, 1.807) is 31.2 Å². The lowest BCUT2D eigenvalue weighted by Gasteiger charge is -2.10. The Kier molecular flexibility index (Phi) is 3.91. The number of aromatic hydroxyl groups is 2. The number of carbonyl (C=O) groups excluding carboxylic acids is 1. The summed E-state index contributed by atoms with van der Waals surface area (Å²) in [5.41, 5.74) is 1.06. The number of nitrogens with one attached hydrogen (secondary N) is 1. The summed E-state index contributed by atoms with van der Waals surface area (Å²) in [6.45, 7) is 1.65. The molecule has 20 heavy (non-hydrogen) atoms. The highest BCUT2D eigenvalue weighted by molar-refractivity contribution is 6.08. The second kappa shape index (κ2) is 5.63. The Hall–Kier alpha value is -2.53. The van der Waals surface area contributed by atoms with E-state index < -0.39 is 12.0 Å². The number of hydrogen-bond acceptors (Lipinski definition) is 4. The lowest BCUT2D eigenvalue weighted by Crippen LogP contribution is -2.12. The standard InChI is InChI=1S/C15H15NO4/c1-9(17)10-5-7-11(8-6-10)16-15(20)14-12(18)3-2-4-13(14)19/h2-9,17-19H,1H3,(H,16,20). The Morgan fingerprint density at radius 2 is 1.60 bits per heavy atom. The van der Waals surface area contributed by atoms with Gasteiger partial charge in [0, 0.05) is 5.69 Å². The first-order chi connectivity index (χ1) is 9.49. The minimum atomic E-state index is -0.606. The lowest BCUT2D eigenvalue weighted by molar-refractivity contribution is 0.102. The molecule has 5 heteroatoms. The average Bonchev–Trinajstić information content (AvgIpc) is 2.39. The van der Waals surface area contributed by atoms with E-state index >= 15 is 0 Å². The van der Waals surface area contributed by atoms with Crippen LogP contribution in [0.2, 0.25) is 0 Å². The molecule has 2 aromatic rings. The zero-order chi connectivity index (χ0) is 14.7. The van der Waals surface area contributed by atoms with E-state index in [9.17, 15) is 20.1 Å². The predicted octanol–water partition coefficient (Wildman–Crippen LogP) is 2.40. The Morgan fingerprint density at radius 3 is 2.10 bits per heavy atom. The molecular weight excluding hydrogens is 258 g/mol. The van der Waals surface area contributed by atoms with Gasteiger partial charge in [-0.3, -0.25) is 4.79 Å². The lowest BCUT2D eigenvalue weighted by atomic mass is 10.1. The molecule has 1 atom stereocenters. The van der Waals surface area contributed by atoms with Crippen molar-refractivity contribution >= 4 is 11.6 Å². The summed E-state index contributed by atoms with van der Waals surface area (Å²) in [4.78, 5) is 12.0. The van der Waals surface area contributed by atoms with Crippen molar-refractivity contribution in [3.05, 3.63) is 53.6 Å². The molecule has 0 aliphatic carbocycles. The maximum Gasteiger partial charge on any atom is 0.263 e. The van der Waals surface area contributed by atoms with Crippen LogP contribution >= 0.6 is 0 Å². The zero-order valence-electron chi connectivity index (χ0n) is 10.9. The predicted molar refractivity (Wildman–Crippen MR) is 74.8 cm³/mol. The number of benzene rings is 2. The van der Waals surface area contributed by atoms with Gasteiger partial charge in [-0.25, -0.2) is 0 Å². The van der Waals surface area contributed by atoms with E-state index in [1.807, 2.05) is 0 Å². The van der Waals surface area contributed by atoms with Gasteiger partial charge < -0.3 is 20.6 Å². The Morgan fingerprint density at radius 1 is 1.05 bits per heavy atom. The van der Waals surface area contributed by atoms with Crippen molar-refractivity contribution < 1.29 is 20.1 Å². The van der Waals surface area contributed by atoms with Crippen molar-refractivity contribution in [2.45, 2.75) is 13.0 Å². The fourth-order valence-electron chi connectivity index (χ4n) is 1.80. The maximum atomic E-state index is 12.0. The monoisotopic (exact) mass is 273 g/mol. The molecule has 0 spiro atoms. The summed E-state index contributed by atoms with van der Waals surface area (Å²) in [6.07, 6.45) is -0.582. The summed E-state index contributed by atoms with van der Waals surface area (Å²) >= 11 is 0. The van der Waals surface area contributed by atoms with Gasteiger partial charge in [0.05, 0.1) is 6.10 Å². The number of phenols is 2. The third-order valence-corrected chi connectivity index (χ3v) is 2.90. The third-order valence-electron chi connectivity index (χ3n) is 2.90. The van der Waals surface area contributed by atoms with Gasteiger partial charge in [0.15, 0.2) is 0 Å². The SMILES string of the molecule is CC(O)c1ccc(NC(=O)c2c(O)cccc2O)cc1. The van der Waals surface area contributed by atoms with Gasteiger partial charge in [-0.1, -0.05) is 18.2 Å². The molecule has 0 aliphatic heterocycles. The van der Waals surface area contributed by atoms with E-state index in [2.05, 4.69) is 5.32 Å². The Labute approximate surface area is 116 Å². The molecular formula is C15H15NO4. The molecule has 1 amide bonds. The maximum absolute atomic E-state index is 12.0. The molecule has 2 rings (SSSR count). The fraction of sp³-hybridized carbons (Fsp3) is 0.133. The number of anilines is 1. The minimum Gasteiger partial charge on any atom is -0.507 e. The highest BCUT2D eigenvalue weighted by Crippen LogP contribution is 2.27. The summed E-state index contributed by atoms with van der Waals surface area (Å²) < 4.78 is 0. The molecule has 5 nitrogen and oxygen atoms in total. The van der Waals surface area contributed by atoms with Crippen molar-refractivity contribution in [3.8, 4) is 11.5 Å². The van der Waals surface area contributed by atoms with Crippen LogP contribution in [0.5, 0.6) is 11.5 Å². The van der Waals surface area contributed by atoms with E-state index in [1.165, 1.54) is 18.2 Å². The number of hydrogen-bond donors (Lipinski definition) is 4. The highest BCUT2D eigenvalue weighted by atomic mass is 16.3. The van der Waals surface area contributed by atoms with Crippen molar-refractivity contribution in [2.75, 3.05) is 5.32 Å². The van der Waals surface area contributed by atoms with Crippen LogP contribution in [0.4, 0.5) is 5.69 Å². The molecule has 0 aromatic heterocycles. The van der Waals surface area contributed by atoms with Crippen LogP contribution < -0.4 is 5.32 Å². The van der Waals surface area contributed by atoms with Crippen LogP contribution in [0.25, 0.3) is 0 Å². The zero-order valence-corrected chi connectivity index (χ0v) is 10.9. The molecule has 0 saturated carbocycles. The van der Waals surface area contributed by atoms with Crippen LogP contribution in [0.3, 0.4) is 0 Å². The normalized spacial score (nSPS) is 11.9. The van der Waals surface area contributed by atoms with Gasteiger partial charge in [0.2, 0.25) is 0 Å². The summed E-state index contributed by atoms with van der Waals surface area (Å²) in [5.74, 6) is -1.18. The fourth-order valence-corrected chi connectivity index (χ4v) is 1.80. The van der Waals surface area contributed by atoms with Gasteiger partial charge in [0.25, 0.3) is 5.91 Å². The number of carbonyl (C=O) groups is 1. The van der Waals surface area contributed by atoms with Gasteiger partial charge >= 0.3 is 0 Å². The molecule has 0 bridgehead atoms. The molecule has 2 aromatic carbocycles. The first-order valence-electron chi connectivity index (χ1n) is 6.09. The number of aliphatic hydroxyl groups is 1. The molecule has 104 valence electrons. The minimum absolute atomic E-state index is 0.174. The smallest absolute Gasteiger partial charge is 0.263 e. The molecule has 0 aliphatic rings. The quantitative estimate of drug-likeness (QED) is 0.691. The highest BCUT2D eigenvalue weighted by Gasteiger charge is 2.16. The van der Waals surface area contributed by atoms with Crippen LogP contribution in [-0.2, 0) is 0 Å². The van der Waals surface area contributed by atoms with Crippen molar-refractivity contribution in [2.24, 2.45) is 0 Å². The van der Waals surface area contributed by atoms with Crippen molar-refractivity contribution in [1.82, 2.24) is 0 Å². The molecule has 0 radical (unpaired) electrons. The van der Waals surface area contributed by atoms with E-state index in [0.29, 0.717) is 5.69 Å². The molecule has 0 fully saturated rings. The van der Waals surface area contributed by atoms with Crippen molar-refractivity contribution in [1.29, 1.82) is 0 Å². The number of aliphatic hydroxyl groups excluding tert-OH is 1. The largest absolute Gasteiger partial charge is 0.507 e. The molecule has 4 N–H and O–H groups in total. The van der Waals surface area contributed by atoms with Crippen molar-refractivity contribution in [3.63, 3.8) is 0 Å². The van der Waals surface area contributed by atoms with Crippen LogP contribution in [0.1, 0.15) is 28.9 Å². The second-order valence-electron chi connectivity index (χ2n) is 4.42. The molecule has 0 saturated heterocycles. The van der Waals surface area contributed by atoms with E-state index in [4.69, 9.17) is 0 Å². The topological polar surface area (TPSA) is 89.8 Å². The van der Waals surface area contributed by atoms with Gasteiger partial charge in [0.1, 0.15) is 17.1 Å².